The molecule has 0 aliphatic rings. The molecule has 92 valence electrons. The topological polar surface area (TPSA) is 75.7 Å². The maximum Gasteiger partial charge on any atom is 0.122 e. The Labute approximate surface area is 118 Å². The molecule has 6 heteroatoms. The van der Waals surface area contributed by atoms with E-state index in [2.05, 4.69) is 25.9 Å². The van der Waals surface area contributed by atoms with E-state index in [4.69, 9.17) is 11.1 Å². The van der Waals surface area contributed by atoms with Gasteiger partial charge in [-0.25, -0.2) is 9.97 Å². The van der Waals surface area contributed by atoms with E-state index in [1.807, 2.05) is 19.1 Å². The van der Waals surface area contributed by atoms with Crippen LogP contribution in [0.5, 0.6) is 0 Å². The lowest BCUT2D eigenvalue weighted by atomic mass is 10.2. The minimum Gasteiger partial charge on any atom is -0.384 e. The van der Waals surface area contributed by atoms with Crippen molar-refractivity contribution in [1.82, 2.24) is 9.97 Å². The van der Waals surface area contributed by atoms with Gasteiger partial charge < -0.3 is 5.73 Å². The Morgan fingerprint density at radius 3 is 2.72 bits per heavy atom. The summed E-state index contributed by atoms with van der Waals surface area (Å²) < 4.78 is 0.938. The predicted molar refractivity (Wildman–Crippen MR) is 76.1 cm³/mol. The summed E-state index contributed by atoms with van der Waals surface area (Å²) in [4.78, 5) is 8.66. The van der Waals surface area contributed by atoms with Gasteiger partial charge >= 0.3 is 0 Å². The highest BCUT2D eigenvalue weighted by Gasteiger charge is 2.05. The molecule has 2 heterocycles. The number of nitrogens with two attached hydrogens (primary N) is 1. The van der Waals surface area contributed by atoms with Crippen LogP contribution >= 0.6 is 27.7 Å². The SMILES string of the molecule is Cc1cc(C(=N)N)cc(Sc2ccc(Br)cn2)n1. The number of aryl methyl sites for hydroxylation is 1. The van der Waals surface area contributed by atoms with Gasteiger partial charge in [-0.3, -0.25) is 5.41 Å². The Bertz CT molecular complexity index is 583. The molecule has 0 aliphatic heterocycles. The zero-order chi connectivity index (χ0) is 13.1. The zero-order valence-corrected chi connectivity index (χ0v) is 12.0. The maximum atomic E-state index is 7.46. The fourth-order valence-electron chi connectivity index (χ4n) is 1.38. The highest BCUT2D eigenvalue weighted by atomic mass is 79.9. The monoisotopic (exact) mass is 322 g/mol. The van der Waals surface area contributed by atoms with E-state index in [-0.39, 0.29) is 5.84 Å². The molecular weight excluding hydrogens is 312 g/mol. The minimum absolute atomic E-state index is 0.0473. The molecule has 0 bridgehead atoms. The zero-order valence-electron chi connectivity index (χ0n) is 9.64. The third-order valence-electron chi connectivity index (χ3n) is 2.15. The van der Waals surface area contributed by atoms with Crippen LogP contribution in [0.1, 0.15) is 11.3 Å². The predicted octanol–water partition coefficient (Wildman–Crippen LogP) is 2.98. The Kier molecular flexibility index (Phi) is 3.98. The number of aromatic nitrogens is 2. The summed E-state index contributed by atoms with van der Waals surface area (Å²) in [5.74, 6) is 0.0473. The van der Waals surface area contributed by atoms with Gasteiger partial charge in [-0.1, -0.05) is 11.8 Å². The second-order valence-electron chi connectivity index (χ2n) is 3.67. The van der Waals surface area contributed by atoms with Crippen LogP contribution in [0.2, 0.25) is 0 Å². The average molecular weight is 323 g/mol. The first-order valence-electron chi connectivity index (χ1n) is 5.17. The molecule has 0 unspecified atom stereocenters. The first kappa shape index (κ1) is 13.0. The van der Waals surface area contributed by atoms with Gasteiger partial charge in [0.1, 0.15) is 15.9 Å². The quantitative estimate of drug-likeness (QED) is 0.672. The number of halogens is 1. The van der Waals surface area contributed by atoms with E-state index in [0.29, 0.717) is 5.56 Å². The molecule has 0 aliphatic carbocycles. The molecule has 2 rings (SSSR count). The summed E-state index contributed by atoms with van der Waals surface area (Å²) in [7, 11) is 0. The lowest BCUT2D eigenvalue weighted by Gasteiger charge is -2.05. The smallest absolute Gasteiger partial charge is 0.122 e. The molecule has 0 amide bonds. The van der Waals surface area contributed by atoms with Crippen molar-refractivity contribution in [1.29, 1.82) is 5.41 Å². The number of amidine groups is 1. The van der Waals surface area contributed by atoms with Crippen LogP contribution in [0, 0.1) is 12.3 Å². The van der Waals surface area contributed by atoms with Crippen molar-refractivity contribution in [3.05, 3.63) is 46.2 Å². The fourth-order valence-corrected chi connectivity index (χ4v) is 2.44. The summed E-state index contributed by atoms with van der Waals surface area (Å²) in [6, 6.07) is 7.42. The molecule has 0 saturated heterocycles. The number of nitrogens with zero attached hydrogens (tertiary/aromatic N) is 2. The van der Waals surface area contributed by atoms with Gasteiger partial charge in [0.05, 0.1) is 0 Å². The van der Waals surface area contributed by atoms with Crippen molar-refractivity contribution in [2.45, 2.75) is 17.0 Å². The third kappa shape index (κ3) is 3.30. The Hall–Kier alpha value is -1.40. The Morgan fingerprint density at radius 1 is 1.33 bits per heavy atom. The molecule has 0 saturated carbocycles. The molecule has 18 heavy (non-hydrogen) atoms. The van der Waals surface area contributed by atoms with Gasteiger partial charge in [0, 0.05) is 21.9 Å². The van der Waals surface area contributed by atoms with E-state index in [1.54, 1.807) is 18.3 Å². The molecule has 3 N–H and O–H groups in total. The van der Waals surface area contributed by atoms with Crippen molar-refractivity contribution < 1.29 is 0 Å². The first-order valence-corrected chi connectivity index (χ1v) is 6.78. The summed E-state index contributed by atoms with van der Waals surface area (Å²) in [5.41, 5.74) is 7.01. The minimum atomic E-state index is 0.0473. The Morgan fingerprint density at radius 2 is 2.11 bits per heavy atom. The van der Waals surface area contributed by atoms with Crippen molar-refractivity contribution in [3.8, 4) is 0 Å². The van der Waals surface area contributed by atoms with Crippen LogP contribution in [-0.2, 0) is 0 Å². The standard InChI is InChI=1S/C12H11BrN4S/c1-7-4-8(12(14)15)5-11(17-7)18-10-3-2-9(13)6-16-10/h2-6H,1H3,(H3,14,15). The lowest BCUT2D eigenvalue weighted by molar-refractivity contribution is 1.04. The van der Waals surface area contributed by atoms with Crippen molar-refractivity contribution in [2.24, 2.45) is 5.73 Å². The van der Waals surface area contributed by atoms with Crippen LogP contribution in [0.4, 0.5) is 0 Å². The van der Waals surface area contributed by atoms with Crippen molar-refractivity contribution >= 4 is 33.5 Å². The number of hydrogen-bond donors (Lipinski definition) is 2. The number of rotatable bonds is 3. The van der Waals surface area contributed by atoms with Gasteiger partial charge in [0.25, 0.3) is 0 Å². The van der Waals surface area contributed by atoms with Crippen LogP contribution in [0.25, 0.3) is 0 Å². The molecule has 0 spiro atoms. The molecule has 0 radical (unpaired) electrons. The van der Waals surface area contributed by atoms with E-state index in [9.17, 15) is 0 Å². The van der Waals surface area contributed by atoms with Crippen LogP contribution in [0.15, 0.2) is 45.0 Å². The molecule has 0 atom stereocenters. The van der Waals surface area contributed by atoms with Gasteiger partial charge in [-0.2, -0.15) is 0 Å². The van der Waals surface area contributed by atoms with Crippen LogP contribution in [0.3, 0.4) is 0 Å². The highest BCUT2D eigenvalue weighted by molar-refractivity contribution is 9.10. The highest BCUT2D eigenvalue weighted by Crippen LogP contribution is 2.26. The van der Waals surface area contributed by atoms with Gasteiger partial charge in [0.2, 0.25) is 0 Å². The summed E-state index contributed by atoms with van der Waals surface area (Å²) >= 11 is 4.79. The fraction of sp³-hybridized carbons (Fsp3) is 0.0833. The second kappa shape index (κ2) is 5.49. The lowest BCUT2D eigenvalue weighted by Crippen LogP contribution is -2.11. The summed E-state index contributed by atoms with van der Waals surface area (Å²) in [5, 5.41) is 9.10. The van der Waals surface area contributed by atoms with Crippen LogP contribution < -0.4 is 5.73 Å². The van der Waals surface area contributed by atoms with Gasteiger partial charge in [0.15, 0.2) is 0 Å². The van der Waals surface area contributed by atoms with E-state index >= 15 is 0 Å². The van der Waals surface area contributed by atoms with Crippen LogP contribution in [-0.4, -0.2) is 15.8 Å². The van der Waals surface area contributed by atoms with Crippen molar-refractivity contribution in [3.63, 3.8) is 0 Å². The molecular formula is C12H11BrN4S. The average Bonchev–Trinajstić information content (AvgIpc) is 2.31. The summed E-state index contributed by atoms with van der Waals surface area (Å²) in [6.45, 7) is 1.88. The number of nitrogen functional groups attached to an aromatic ring is 1. The maximum absolute atomic E-state index is 7.46. The first-order chi connectivity index (χ1) is 8.54. The number of nitrogens with one attached hydrogen (secondary N) is 1. The summed E-state index contributed by atoms with van der Waals surface area (Å²) in [6.07, 6.45) is 1.74. The largest absolute Gasteiger partial charge is 0.384 e. The normalized spacial score (nSPS) is 10.3. The van der Waals surface area contributed by atoms with Gasteiger partial charge in [-0.05, 0) is 47.1 Å². The molecule has 0 fully saturated rings. The molecule has 0 aromatic carbocycles. The van der Waals surface area contributed by atoms with Gasteiger partial charge in [-0.15, -0.1) is 0 Å². The van der Waals surface area contributed by atoms with E-state index in [0.717, 1.165) is 20.2 Å². The third-order valence-corrected chi connectivity index (χ3v) is 3.49. The van der Waals surface area contributed by atoms with Crippen molar-refractivity contribution in [2.75, 3.05) is 0 Å². The Balaban J connectivity index is 2.28. The number of hydrogen-bond acceptors (Lipinski definition) is 4. The van der Waals surface area contributed by atoms with E-state index < -0.39 is 0 Å². The van der Waals surface area contributed by atoms with E-state index in [1.165, 1.54) is 11.8 Å². The molecule has 2 aromatic heterocycles. The number of pyridine rings is 2. The molecule has 2 aromatic rings. The second-order valence-corrected chi connectivity index (χ2v) is 5.62. The molecule has 4 nitrogen and oxygen atoms in total.